The molecule has 248 valence electrons. The van der Waals surface area contributed by atoms with Crippen LogP contribution in [0.15, 0.2) is 121 Å². The molecule has 0 radical (unpaired) electrons. The van der Waals surface area contributed by atoms with Crippen LogP contribution in [0.4, 0.5) is 0 Å². The lowest BCUT2D eigenvalue weighted by atomic mass is 9.58. The van der Waals surface area contributed by atoms with Crippen molar-refractivity contribution in [3.63, 3.8) is 0 Å². The molecule has 8 atom stereocenters. The predicted octanol–water partition coefficient (Wildman–Crippen LogP) is 10.8. The smallest absolute Gasteiger partial charge is 0.163 e. The predicted molar refractivity (Wildman–Crippen MR) is 194 cm³/mol. The van der Waals surface area contributed by atoms with Gasteiger partial charge in [-0.05, 0) is 72.3 Å². The van der Waals surface area contributed by atoms with Crippen LogP contribution < -0.4 is 0 Å². The Balaban J connectivity index is 1.34. The summed E-state index contributed by atoms with van der Waals surface area (Å²) in [4.78, 5) is 42.8. The summed E-state index contributed by atoms with van der Waals surface area (Å²) in [6, 6.07) is 40.1. The Morgan fingerprint density at radius 3 is 1.19 bits per heavy atom. The quantitative estimate of drug-likeness (QED) is 0.145. The molecule has 2 aliphatic carbocycles. The van der Waals surface area contributed by atoms with Gasteiger partial charge in [-0.2, -0.15) is 0 Å². The van der Waals surface area contributed by atoms with Gasteiger partial charge in [0.25, 0.3) is 0 Å². The van der Waals surface area contributed by atoms with Crippen molar-refractivity contribution in [1.29, 1.82) is 0 Å². The van der Waals surface area contributed by atoms with Gasteiger partial charge in [0.05, 0.1) is 0 Å². The average molecular weight is 639 g/mol. The van der Waals surface area contributed by atoms with Crippen molar-refractivity contribution in [3.05, 3.63) is 144 Å². The molecule has 0 amide bonds. The minimum Gasteiger partial charge on any atom is -0.299 e. The molecule has 2 aliphatic rings. The van der Waals surface area contributed by atoms with Crippen molar-refractivity contribution in [2.75, 3.05) is 0 Å². The zero-order valence-electron chi connectivity index (χ0n) is 28.5. The molecule has 4 aromatic carbocycles. The number of benzene rings is 4. The fraction of sp³-hybridized carbons (Fsp3) is 0.400. The maximum atomic E-state index is 15.3. The first-order valence-electron chi connectivity index (χ1n) is 18.2. The fourth-order valence-electron chi connectivity index (χ4n) is 9.02. The van der Waals surface area contributed by atoms with Crippen LogP contribution >= 0.6 is 0 Å². The van der Waals surface area contributed by atoms with Crippen LogP contribution in [0.5, 0.6) is 0 Å². The van der Waals surface area contributed by atoms with E-state index in [4.69, 9.17) is 0 Å². The molecule has 2 saturated carbocycles. The summed E-state index contributed by atoms with van der Waals surface area (Å²) in [5.41, 5.74) is 3.78. The first-order valence-corrected chi connectivity index (χ1v) is 18.2. The Kier molecular flexibility index (Phi) is 11.2. The van der Waals surface area contributed by atoms with Crippen LogP contribution in [-0.2, 0) is 4.79 Å². The number of Topliss-reactive ketones (excluding diaryl/α,β-unsaturated/α-hetero) is 3. The molecular formula is C45H50O3. The number of carbonyl (C=O) groups excluding carboxylic acids is 3. The number of hydrogen-bond acceptors (Lipinski definition) is 3. The fourth-order valence-corrected chi connectivity index (χ4v) is 9.02. The van der Waals surface area contributed by atoms with Crippen LogP contribution in [0.2, 0.25) is 0 Å². The van der Waals surface area contributed by atoms with E-state index < -0.39 is 0 Å². The Bertz CT molecular complexity index is 1510. The van der Waals surface area contributed by atoms with Crippen molar-refractivity contribution >= 4 is 17.3 Å². The monoisotopic (exact) mass is 638 g/mol. The second kappa shape index (κ2) is 15.9. The zero-order valence-corrected chi connectivity index (χ0v) is 28.5. The van der Waals surface area contributed by atoms with Crippen molar-refractivity contribution in [3.8, 4) is 0 Å². The molecule has 0 N–H and O–H groups in total. The second-order valence-corrected chi connectivity index (χ2v) is 14.8. The molecular weight excluding hydrogens is 588 g/mol. The van der Waals surface area contributed by atoms with E-state index in [1.54, 1.807) is 0 Å². The van der Waals surface area contributed by atoms with Crippen molar-refractivity contribution in [1.82, 2.24) is 0 Å². The molecule has 0 heterocycles. The number of ketones is 3. The van der Waals surface area contributed by atoms with Crippen molar-refractivity contribution in [2.45, 2.75) is 77.0 Å². The van der Waals surface area contributed by atoms with Crippen LogP contribution in [-0.4, -0.2) is 17.3 Å². The standard InChI is InChI=1S/C45H50O3/c1-31-23-25-37(39(33-15-7-3-8-16-33)29-43(46)35-19-11-5-12-20-35)41(27-31)45(48)42-28-32(2)24-26-38(42)40(34-17-9-4-10-18-34)30-44(47)36-21-13-6-14-22-36/h3-22,31-32,37-42H,23-30H2,1-2H3. The molecule has 2 fully saturated rings. The summed E-state index contributed by atoms with van der Waals surface area (Å²) < 4.78 is 0. The highest BCUT2D eigenvalue weighted by atomic mass is 16.1. The van der Waals surface area contributed by atoms with Crippen LogP contribution in [0.25, 0.3) is 0 Å². The van der Waals surface area contributed by atoms with Crippen LogP contribution in [0.1, 0.15) is 109 Å². The van der Waals surface area contributed by atoms with Crippen molar-refractivity contribution in [2.24, 2.45) is 35.5 Å². The second-order valence-electron chi connectivity index (χ2n) is 14.8. The van der Waals surface area contributed by atoms with Gasteiger partial charge in [0.1, 0.15) is 5.78 Å². The maximum Gasteiger partial charge on any atom is 0.163 e. The third kappa shape index (κ3) is 7.95. The molecule has 0 bridgehead atoms. The van der Waals surface area contributed by atoms with Gasteiger partial charge < -0.3 is 0 Å². The van der Waals surface area contributed by atoms with Gasteiger partial charge in [0.15, 0.2) is 11.6 Å². The highest BCUT2D eigenvalue weighted by Gasteiger charge is 2.46. The lowest BCUT2D eigenvalue weighted by molar-refractivity contribution is -0.134. The van der Waals surface area contributed by atoms with Gasteiger partial charge in [-0.1, -0.05) is 148 Å². The topological polar surface area (TPSA) is 51.2 Å². The normalized spacial score (nSPS) is 25.5. The molecule has 3 heteroatoms. The highest BCUT2D eigenvalue weighted by Crippen LogP contribution is 2.50. The third-order valence-corrected chi connectivity index (χ3v) is 11.6. The molecule has 0 saturated heterocycles. The third-order valence-electron chi connectivity index (χ3n) is 11.6. The van der Waals surface area contributed by atoms with E-state index in [1.165, 1.54) is 0 Å². The van der Waals surface area contributed by atoms with Crippen LogP contribution in [0, 0.1) is 35.5 Å². The SMILES string of the molecule is CC1CCC(C(CC(=O)c2ccccc2)c2ccccc2)C(C(=O)C2CC(C)CCC2C(CC(=O)c2ccccc2)c2ccccc2)C1. The van der Waals surface area contributed by atoms with E-state index in [-0.39, 0.29) is 47.1 Å². The molecule has 0 aromatic heterocycles. The Morgan fingerprint density at radius 2 is 0.833 bits per heavy atom. The first-order chi connectivity index (χ1) is 23.4. The van der Waals surface area contributed by atoms with E-state index in [2.05, 4.69) is 62.4 Å². The molecule has 6 rings (SSSR count). The zero-order chi connectivity index (χ0) is 33.5. The van der Waals surface area contributed by atoms with Gasteiger partial charge in [0, 0.05) is 35.8 Å². The van der Waals surface area contributed by atoms with Gasteiger partial charge in [-0.15, -0.1) is 0 Å². The van der Waals surface area contributed by atoms with E-state index in [0.717, 1.165) is 60.8 Å². The lowest BCUT2D eigenvalue weighted by Gasteiger charge is -2.44. The van der Waals surface area contributed by atoms with E-state index in [0.29, 0.717) is 30.5 Å². The molecule has 4 aromatic rings. The molecule has 0 aliphatic heterocycles. The Morgan fingerprint density at radius 1 is 0.500 bits per heavy atom. The van der Waals surface area contributed by atoms with E-state index >= 15 is 4.79 Å². The molecule has 48 heavy (non-hydrogen) atoms. The largest absolute Gasteiger partial charge is 0.299 e. The minimum absolute atomic E-state index is 0.0237. The molecule has 0 spiro atoms. The summed E-state index contributed by atoms with van der Waals surface area (Å²) in [6.45, 7) is 4.57. The number of carbonyl (C=O) groups is 3. The van der Waals surface area contributed by atoms with Crippen LogP contribution in [0.3, 0.4) is 0 Å². The first kappa shape index (κ1) is 33.8. The summed E-state index contributed by atoms with van der Waals surface area (Å²) in [5.74, 6) is 1.51. The van der Waals surface area contributed by atoms with Gasteiger partial charge in [-0.25, -0.2) is 0 Å². The number of hydrogen-bond donors (Lipinski definition) is 0. The maximum absolute atomic E-state index is 15.3. The highest BCUT2D eigenvalue weighted by molar-refractivity contribution is 5.97. The molecule has 8 unspecified atom stereocenters. The lowest BCUT2D eigenvalue weighted by Crippen LogP contribution is -2.43. The van der Waals surface area contributed by atoms with E-state index in [9.17, 15) is 9.59 Å². The Hall–Kier alpha value is -4.11. The van der Waals surface area contributed by atoms with Gasteiger partial charge in [-0.3, -0.25) is 14.4 Å². The molecule has 3 nitrogen and oxygen atoms in total. The summed E-state index contributed by atoms with van der Waals surface area (Å²) in [7, 11) is 0. The van der Waals surface area contributed by atoms with Gasteiger partial charge >= 0.3 is 0 Å². The summed E-state index contributed by atoms with van der Waals surface area (Å²) in [6.07, 6.45) is 6.56. The summed E-state index contributed by atoms with van der Waals surface area (Å²) >= 11 is 0. The van der Waals surface area contributed by atoms with Crippen molar-refractivity contribution < 1.29 is 14.4 Å². The minimum atomic E-state index is -0.110. The summed E-state index contributed by atoms with van der Waals surface area (Å²) in [5, 5.41) is 0. The number of rotatable bonds is 12. The van der Waals surface area contributed by atoms with E-state index in [1.807, 2.05) is 72.8 Å². The average Bonchev–Trinajstić information content (AvgIpc) is 3.14. The Labute approximate surface area is 287 Å². The van der Waals surface area contributed by atoms with Gasteiger partial charge in [0.2, 0.25) is 0 Å².